The molecule has 2 nitrogen and oxygen atoms in total. The number of aromatic carboxylic acids is 1. The number of hydrogen-bond donors (Lipinski definition) is 1. The number of thioether (sulfide) groups is 1. The molecule has 19 heavy (non-hydrogen) atoms. The van der Waals surface area contributed by atoms with Crippen LogP contribution >= 0.6 is 11.8 Å². The summed E-state index contributed by atoms with van der Waals surface area (Å²) in [6, 6.07) is 15.7. The van der Waals surface area contributed by atoms with Crippen LogP contribution in [0.3, 0.4) is 0 Å². The van der Waals surface area contributed by atoms with Crippen LogP contribution in [0.25, 0.3) is 0 Å². The number of carboxylic acid groups (broad SMARTS) is 1. The molecular weight excluding hydrogens is 256 g/mol. The second-order valence-electron chi connectivity index (χ2n) is 4.74. The number of fused-ring (bicyclic) bond motifs is 1. The smallest absolute Gasteiger partial charge is 0.335 e. The molecule has 2 aromatic rings. The molecule has 1 aliphatic carbocycles. The fourth-order valence-corrected chi connectivity index (χ4v) is 3.42. The predicted molar refractivity (Wildman–Crippen MR) is 77.0 cm³/mol. The Bertz CT molecular complexity index is 604. The van der Waals surface area contributed by atoms with Gasteiger partial charge in [0.2, 0.25) is 0 Å². The number of rotatable bonds is 4. The summed E-state index contributed by atoms with van der Waals surface area (Å²) in [6.45, 7) is 0. The molecule has 0 aliphatic heterocycles. The SMILES string of the molecule is O=C(O)c1ccc(SCC2Cc3ccccc32)cc1. The van der Waals surface area contributed by atoms with Crippen LogP contribution in [-0.4, -0.2) is 16.8 Å². The normalized spacial score (nSPS) is 16.5. The van der Waals surface area contributed by atoms with Crippen molar-refractivity contribution in [2.75, 3.05) is 5.75 Å². The Kier molecular flexibility index (Phi) is 3.30. The van der Waals surface area contributed by atoms with Crippen LogP contribution < -0.4 is 0 Å². The van der Waals surface area contributed by atoms with Crippen LogP contribution in [0.5, 0.6) is 0 Å². The standard InChI is InChI=1S/C16H14O2S/c17-16(18)11-5-7-14(8-6-11)19-10-13-9-12-3-1-2-4-15(12)13/h1-8,13H,9-10H2,(H,17,18). The van der Waals surface area contributed by atoms with E-state index < -0.39 is 5.97 Å². The third kappa shape index (κ3) is 2.51. The van der Waals surface area contributed by atoms with Crippen LogP contribution in [-0.2, 0) is 6.42 Å². The van der Waals surface area contributed by atoms with E-state index in [0.29, 0.717) is 11.5 Å². The molecule has 3 rings (SSSR count). The number of hydrogen-bond acceptors (Lipinski definition) is 2. The van der Waals surface area contributed by atoms with Crippen molar-refractivity contribution in [3.8, 4) is 0 Å². The second-order valence-corrected chi connectivity index (χ2v) is 5.83. The summed E-state index contributed by atoms with van der Waals surface area (Å²) in [4.78, 5) is 11.9. The summed E-state index contributed by atoms with van der Waals surface area (Å²) >= 11 is 1.80. The Morgan fingerprint density at radius 2 is 1.89 bits per heavy atom. The zero-order chi connectivity index (χ0) is 13.2. The van der Waals surface area contributed by atoms with Gasteiger partial charge in [-0.15, -0.1) is 11.8 Å². The largest absolute Gasteiger partial charge is 0.478 e. The Balaban J connectivity index is 1.60. The summed E-state index contributed by atoms with van der Waals surface area (Å²) in [5.74, 6) is 0.827. The van der Waals surface area contributed by atoms with E-state index in [4.69, 9.17) is 5.11 Å². The Labute approximate surface area is 116 Å². The molecule has 0 heterocycles. The number of carboxylic acids is 1. The van der Waals surface area contributed by atoms with E-state index in [9.17, 15) is 4.79 Å². The molecule has 0 fully saturated rings. The van der Waals surface area contributed by atoms with Gasteiger partial charge in [0.25, 0.3) is 0 Å². The van der Waals surface area contributed by atoms with Crippen molar-refractivity contribution in [2.45, 2.75) is 17.2 Å². The molecule has 0 aromatic heterocycles. The predicted octanol–water partition coefficient (Wildman–Crippen LogP) is 3.82. The van der Waals surface area contributed by atoms with Crippen LogP contribution in [0.4, 0.5) is 0 Å². The van der Waals surface area contributed by atoms with Crippen molar-refractivity contribution in [3.63, 3.8) is 0 Å². The van der Waals surface area contributed by atoms with E-state index in [-0.39, 0.29) is 0 Å². The fourth-order valence-electron chi connectivity index (χ4n) is 2.40. The van der Waals surface area contributed by atoms with Crippen LogP contribution in [0, 0.1) is 0 Å². The maximum Gasteiger partial charge on any atom is 0.335 e. The van der Waals surface area contributed by atoms with Gasteiger partial charge in [-0.25, -0.2) is 4.79 Å². The van der Waals surface area contributed by atoms with Crippen LogP contribution in [0.1, 0.15) is 27.4 Å². The first-order valence-corrected chi connectivity index (χ1v) is 7.26. The summed E-state index contributed by atoms with van der Waals surface area (Å²) in [7, 11) is 0. The van der Waals surface area contributed by atoms with Crippen molar-refractivity contribution >= 4 is 17.7 Å². The monoisotopic (exact) mass is 270 g/mol. The molecule has 0 spiro atoms. The van der Waals surface area contributed by atoms with Gasteiger partial charge in [-0.2, -0.15) is 0 Å². The number of carbonyl (C=O) groups is 1. The van der Waals surface area contributed by atoms with Gasteiger partial charge in [-0.3, -0.25) is 0 Å². The van der Waals surface area contributed by atoms with Gasteiger partial charge in [-0.1, -0.05) is 24.3 Å². The lowest BCUT2D eigenvalue weighted by Gasteiger charge is -2.29. The van der Waals surface area contributed by atoms with E-state index in [1.54, 1.807) is 23.9 Å². The molecule has 2 aromatic carbocycles. The molecule has 0 amide bonds. The van der Waals surface area contributed by atoms with Gasteiger partial charge in [0.05, 0.1) is 5.56 Å². The topological polar surface area (TPSA) is 37.3 Å². The van der Waals surface area contributed by atoms with E-state index in [0.717, 1.165) is 17.1 Å². The first-order chi connectivity index (χ1) is 9.24. The molecule has 1 N–H and O–H groups in total. The minimum atomic E-state index is -0.871. The van der Waals surface area contributed by atoms with Crippen LogP contribution in [0.15, 0.2) is 53.4 Å². The summed E-state index contributed by atoms with van der Waals surface area (Å²) < 4.78 is 0. The fraction of sp³-hybridized carbons (Fsp3) is 0.188. The quantitative estimate of drug-likeness (QED) is 0.858. The Hall–Kier alpha value is -1.74. The molecule has 1 unspecified atom stereocenters. The lowest BCUT2D eigenvalue weighted by Crippen LogP contribution is -2.18. The molecule has 0 bridgehead atoms. The van der Waals surface area contributed by atoms with Crippen molar-refractivity contribution in [1.29, 1.82) is 0 Å². The molecule has 0 saturated carbocycles. The van der Waals surface area contributed by atoms with Crippen LogP contribution in [0.2, 0.25) is 0 Å². The van der Waals surface area contributed by atoms with Crippen molar-refractivity contribution in [2.24, 2.45) is 0 Å². The third-order valence-corrected chi connectivity index (χ3v) is 4.69. The third-order valence-electron chi connectivity index (χ3n) is 3.51. The minimum absolute atomic E-state index is 0.346. The van der Waals surface area contributed by atoms with Gasteiger partial charge in [0, 0.05) is 10.6 Å². The lowest BCUT2D eigenvalue weighted by molar-refractivity contribution is 0.0697. The zero-order valence-electron chi connectivity index (χ0n) is 10.4. The van der Waals surface area contributed by atoms with E-state index in [1.165, 1.54) is 11.1 Å². The molecule has 0 radical (unpaired) electrons. The highest BCUT2D eigenvalue weighted by Crippen LogP contribution is 2.38. The summed E-state index contributed by atoms with van der Waals surface area (Å²) in [5, 5.41) is 8.84. The van der Waals surface area contributed by atoms with Crippen molar-refractivity contribution in [1.82, 2.24) is 0 Å². The van der Waals surface area contributed by atoms with Gasteiger partial charge >= 0.3 is 5.97 Å². The molecule has 3 heteroatoms. The van der Waals surface area contributed by atoms with E-state index in [2.05, 4.69) is 24.3 Å². The first kappa shape index (κ1) is 12.3. The maximum absolute atomic E-state index is 10.8. The molecule has 1 atom stereocenters. The zero-order valence-corrected chi connectivity index (χ0v) is 11.2. The molecular formula is C16H14O2S. The van der Waals surface area contributed by atoms with Crippen molar-refractivity contribution < 1.29 is 9.90 Å². The number of benzene rings is 2. The second kappa shape index (κ2) is 5.10. The van der Waals surface area contributed by atoms with Gasteiger partial charge < -0.3 is 5.11 Å². The van der Waals surface area contributed by atoms with Crippen molar-refractivity contribution in [3.05, 3.63) is 65.2 Å². The average Bonchev–Trinajstić information content (AvgIpc) is 2.40. The minimum Gasteiger partial charge on any atom is -0.478 e. The maximum atomic E-state index is 10.8. The van der Waals surface area contributed by atoms with Gasteiger partial charge in [0.1, 0.15) is 0 Å². The van der Waals surface area contributed by atoms with Gasteiger partial charge in [0.15, 0.2) is 0 Å². The molecule has 0 saturated heterocycles. The highest BCUT2D eigenvalue weighted by Gasteiger charge is 2.25. The van der Waals surface area contributed by atoms with E-state index >= 15 is 0 Å². The summed E-state index contributed by atoms with van der Waals surface area (Å²) in [6.07, 6.45) is 1.16. The average molecular weight is 270 g/mol. The highest BCUT2D eigenvalue weighted by molar-refractivity contribution is 7.99. The van der Waals surface area contributed by atoms with E-state index in [1.807, 2.05) is 12.1 Å². The Morgan fingerprint density at radius 1 is 1.16 bits per heavy atom. The molecule has 96 valence electrons. The summed E-state index contributed by atoms with van der Waals surface area (Å²) in [5.41, 5.74) is 3.28. The Morgan fingerprint density at radius 3 is 2.58 bits per heavy atom. The lowest BCUT2D eigenvalue weighted by atomic mass is 9.79. The van der Waals surface area contributed by atoms with Gasteiger partial charge in [-0.05, 0) is 47.7 Å². The molecule has 1 aliphatic rings. The first-order valence-electron chi connectivity index (χ1n) is 6.28. The highest BCUT2D eigenvalue weighted by atomic mass is 32.2.